The number of nitrogens with one attached hydrogen (secondary N) is 1. The first-order valence-corrected chi connectivity index (χ1v) is 6.35. The first-order chi connectivity index (χ1) is 8.31. The molecule has 2 aromatic rings. The lowest BCUT2D eigenvalue weighted by atomic mass is 10.1. The van der Waals surface area contributed by atoms with E-state index in [4.69, 9.17) is 5.73 Å². The molecule has 4 nitrogen and oxygen atoms in total. The molecule has 17 heavy (non-hydrogen) atoms. The number of aromatic nitrogens is 2. The molecule has 0 bridgehead atoms. The van der Waals surface area contributed by atoms with Crippen LogP contribution < -0.4 is 11.1 Å². The Kier molecular flexibility index (Phi) is 4.27. The Hall–Kier alpha value is -1.21. The summed E-state index contributed by atoms with van der Waals surface area (Å²) in [6, 6.07) is 8.13. The highest BCUT2D eigenvalue weighted by Gasteiger charge is 2.02. The van der Waals surface area contributed by atoms with Crippen LogP contribution in [0.3, 0.4) is 0 Å². The minimum atomic E-state index is 0.554. The third kappa shape index (κ3) is 3.13. The van der Waals surface area contributed by atoms with E-state index in [2.05, 4.69) is 43.9 Å². The lowest BCUT2D eigenvalue weighted by Crippen LogP contribution is -2.08. The van der Waals surface area contributed by atoms with Gasteiger partial charge in [-0.2, -0.15) is 0 Å². The molecule has 0 amide bonds. The van der Waals surface area contributed by atoms with E-state index in [0.717, 1.165) is 21.5 Å². The first kappa shape index (κ1) is 12.3. The minimum Gasteiger partial charge on any atom is -0.365 e. The Morgan fingerprint density at radius 2 is 2.00 bits per heavy atom. The van der Waals surface area contributed by atoms with E-state index >= 15 is 0 Å². The van der Waals surface area contributed by atoms with Crippen molar-refractivity contribution in [3.05, 3.63) is 51.5 Å². The summed E-state index contributed by atoms with van der Waals surface area (Å²) in [6.07, 6.45) is 3.32. The van der Waals surface area contributed by atoms with Crippen molar-refractivity contribution in [1.29, 1.82) is 0 Å². The summed E-state index contributed by atoms with van der Waals surface area (Å²) >= 11 is 2.21. The van der Waals surface area contributed by atoms with Gasteiger partial charge in [0.15, 0.2) is 0 Å². The molecule has 0 aliphatic rings. The van der Waals surface area contributed by atoms with Crippen LogP contribution in [0.5, 0.6) is 0 Å². The van der Waals surface area contributed by atoms with Crippen molar-refractivity contribution in [1.82, 2.24) is 9.97 Å². The van der Waals surface area contributed by atoms with Crippen LogP contribution in [0.15, 0.2) is 36.8 Å². The van der Waals surface area contributed by atoms with Gasteiger partial charge in [0.2, 0.25) is 0 Å². The Balaban J connectivity index is 2.10. The quantitative estimate of drug-likeness (QED) is 0.838. The van der Waals surface area contributed by atoms with E-state index in [1.807, 2.05) is 18.2 Å². The second kappa shape index (κ2) is 5.92. The molecule has 1 heterocycles. The molecule has 3 N–H and O–H groups in total. The molecule has 0 atom stereocenters. The lowest BCUT2D eigenvalue weighted by Gasteiger charge is -2.10. The van der Waals surface area contributed by atoms with Gasteiger partial charge in [0.25, 0.3) is 0 Å². The standard InChI is InChI=1S/C12H13IN4/c13-11-7-15-8-17-12(11)16-6-10-4-2-1-3-9(10)5-14/h1-4,7-8H,5-6,14H2,(H,15,16,17). The number of nitrogens with two attached hydrogens (primary N) is 1. The van der Waals surface area contributed by atoms with E-state index in [9.17, 15) is 0 Å². The molecular weight excluding hydrogens is 327 g/mol. The smallest absolute Gasteiger partial charge is 0.143 e. The lowest BCUT2D eigenvalue weighted by molar-refractivity contribution is 0.996. The molecule has 0 saturated heterocycles. The SMILES string of the molecule is NCc1ccccc1CNc1ncncc1I. The van der Waals surface area contributed by atoms with Gasteiger partial charge >= 0.3 is 0 Å². The summed E-state index contributed by atoms with van der Waals surface area (Å²) in [4.78, 5) is 8.14. The minimum absolute atomic E-state index is 0.554. The maximum Gasteiger partial charge on any atom is 0.143 e. The molecule has 0 saturated carbocycles. The molecular formula is C12H13IN4. The number of halogens is 1. The van der Waals surface area contributed by atoms with Crippen LogP contribution in [0.2, 0.25) is 0 Å². The summed E-state index contributed by atoms with van der Waals surface area (Å²) < 4.78 is 1.01. The van der Waals surface area contributed by atoms with E-state index in [1.54, 1.807) is 12.5 Å². The van der Waals surface area contributed by atoms with Gasteiger partial charge < -0.3 is 11.1 Å². The summed E-state index contributed by atoms with van der Waals surface area (Å²) in [7, 11) is 0. The fraction of sp³-hybridized carbons (Fsp3) is 0.167. The molecule has 2 rings (SSSR count). The van der Waals surface area contributed by atoms with Crippen molar-refractivity contribution in [2.75, 3.05) is 5.32 Å². The van der Waals surface area contributed by atoms with Crippen LogP contribution in [0.4, 0.5) is 5.82 Å². The Bertz CT molecular complexity index is 501. The summed E-state index contributed by atoms with van der Waals surface area (Å²) in [5, 5.41) is 3.29. The fourth-order valence-electron chi connectivity index (χ4n) is 1.55. The molecule has 0 spiro atoms. The van der Waals surface area contributed by atoms with Gasteiger partial charge in [-0.3, -0.25) is 0 Å². The second-order valence-corrected chi connectivity index (χ2v) is 4.71. The number of nitrogens with zero attached hydrogens (tertiary/aromatic N) is 2. The Labute approximate surface area is 114 Å². The van der Waals surface area contributed by atoms with Crippen LogP contribution >= 0.6 is 22.6 Å². The van der Waals surface area contributed by atoms with Crippen LogP contribution in [-0.2, 0) is 13.1 Å². The summed E-state index contributed by atoms with van der Waals surface area (Å²) in [5.41, 5.74) is 8.05. The molecule has 0 radical (unpaired) electrons. The Morgan fingerprint density at radius 1 is 1.24 bits per heavy atom. The van der Waals surface area contributed by atoms with Crippen molar-refractivity contribution in [3.63, 3.8) is 0 Å². The average molecular weight is 340 g/mol. The molecule has 1 aromatic carbocycles. The summed E-state index contributed by atoms with van der Waals surface area (Å²) in [6.45, 7) is 1.28. The number of rotatable bonds is 4. The fourth-order valence-corrected chi connectivity index (χ4v) is 2.04. The largest absolute Gasteiger partial charge is 0.365 e. The number of hydrogen-bond acceptors (Lipinski definition) is 4. The highest BCUT2D eigenvalue weighted by Crippen LogP contribution is 2.15. The van der Waals surface area contributed by atoms with Gasteiger partial charge in [0.05, 0.1) is 3.57 Å². The second-order valence-electron chi connectivity index (χ2n) is 3.55. The van der Waals surface area contributed by atoms with Gasteiger partial charge in [0, 0.05) is 19.3 Å². The van der Waals surface area contributed by atoms with Gasteiger partial charge in [0.1, 0.15) is 12.1 Å². The predicted molar refractivity (Wildman–Crippen MR) is 76.4 cm³/mol. The van der Waals surface area contributed by atoms with Gasteiger partial charge in [-0.15, -0.1) is 0 Å². The zero-order valence-electron chi connectivity index (χ0n) is 9.23. The Morgan fingerprint density at radius 3 is 2.71 bits per heavy atom. The number of benzene rings is 1. The van der Waals surface area contributed by atoms with Crippen molar-refractivity contribution in [3.8, 4) is 0 Å². The average Bonchev–Trinajstić information content (AvgIpc) is 2.38. The highest BCUT2D eigenvalue weighted by molar-refractivity contribution is 14.1. The van der Waals surface area contributed by atoms with Crippen LogP contribution in [0, 0.1) is 3.57 Å². The van der Waals surface area contributed by atoms with Crippen LogP contribution in [0.25, 0.3) is 0 Å². The van der Waals surface area contributed by atoms with E-state index in [0.29, 0.717) is 6.54 Å². The normalized spacial score (nSPS) is 10.2. The molecule has 5 heteroatoms. The summed E-state index contributed by atoms with van der Waals surface area (Å²) in [5.74, 6) is 0.854. The third-order valence-corrected chi connectivity index (χ3v) is 3.24. The van der Waals surface area contributed by atoms with Crippen molar-refractivity contribution in [2.45, 2.75) is 13.1 Å². The van der Waals surface area contributed by atoms with Crippen LogP contribution in [-0.4, -0.2) is 9.97 Å². The topological polar surface area (TPSA) is 63.8 Å². The molecule has 0 unspecified atom stereocenters. The van der Waals surface area contributed by atoms with Crippen molar-refractivity contribution < 1.29 is 0 Å². The first-order valence-electron chi connectivity index (χ1n) is 5.27. The van der Waals surface area contributed by atoms with Crippen LogP contribution in [0.1, 0.15) is 11.1 Å². The zero-order chi connectivity index (χ0) is 12.1. The number of hydrogen-bond donors (Lipinski definition) is 2. The van der Waals surface area contributed by atoms with E-state index in [-0.39, 0.29) is 0 Å². The highest BCUT2D eigenvalue weighted by atomic mass is 127. The maximum atomic E-state index is 5.69. The van der Waals surface area contributed by atoms with E-state index < -0.39 is 0 Å². The molecule has 0 aliphatic heterocycles. The molecule has 0 aliphatic carbocycles. The molecule has 1 aromatic heterocycles. The van der Waals surface area contributed by atoms with Crippen molar-refractivity contribution >= 4 is 28.4 Å². The maximum absolute atomic E-state index is 5.69. The van der Waals surface area contributed by atoms with E-state index in [1.165, 1.54) is 5.56 Å². The molecule has 88 valence electrons. The van der Waals surface area contributed by atoms with Gasteiger partial charge in [-0.1, -0.05) is 24.3 Å². The zero-order valence-corrected chi connectivity index (χ0v) is 11.4. The van der Waals surface area contributed by atoms with Crippen molar-refractivity contribution in [2.24, 2.45) is 5.73 Å². The van der Waals surface area contributed by atoms with Gasteiger partial charge in [-0.25, -0.2) is 9.97 Å². The predicted octanol–water partition coefficient (Wildman–Crippen LogP) is 2.15. The van der Waals surface area contributed by atoms with Gasteiger partial charge in [-0.05, 0) is 33.7 Å². The molecule has 0 fully saturated rings. The third-order valence-electron chi connectivity index (χ3n) is 2.45. The number of anilines is 1. The monoisotopic (exact) mass is 340 g/mol.